The van der Waals surface area contributed by atoms with E-state index in [-0.39, 0.29) is 21.8 Å². The Balaban J connectivity index is 2.22. The lowest BCUT2D eigenvalue weighted by molar-refractivity contribution is 0.0941. The Morgan fingerprint density at radius 2 is 2.10 bits per heavy atom. The smallest absolute Gasteiger partial charge is 0.261 e. The first-order chi connectivity index (χ1) is 9.81. The van der Waals surface area contributed by atoms with E-state index in [1.807, 2.05) is 0 Å². The third-order valence-electron chi connectivity index (χ3n) is 4.03. The second-order valence-electron chi connectivity index (χ2n) is 5.34. The molecular weight excluding hydrogens is 314 g/mol. The zero-order valence-electron chi connectivity index (χ0n) is 12.0. The van der Waals surface area contributed by atoms with E-state index in [9.17, 15) is 13.2 Å². The van der Waals surface area contributed by atoms with Crippen LogP contribution in [0.3, 0.4) is 0 Å². The van der Waals surface area contributed by atoms with Gasteiger partial charge in [-0.25, -0.2) is 8.42 Å². The number of hydrogen-bond donors (Lipinski definition) is 1. The average Bonchev–Trinajstić information content (AvgIpc) is 3.23. The van der Waals surface area contributed by atoms with Gasteiger partial charge in [-0.05, 0) is 42.9 Å². The van der Waals surface area contributed by atoms with Crippen molar-refractivity contribution in [2.75, 3.05) is 13.7 Å². The summed E-state index contributed by atoms with van der Waals surface area (Å²) in [4.78, 5) is 12.1. The molecule has 1 aromatic carbocycles. The first-order valence-electron chi connectivity index (χ1n) is 6.72. The van der Waals surface area contributed by atoms with Gasteiger partial charge < -0.3 is 10.1 Å². The van der Waals surface area contributed by atoms with Crippen molar-refractivity contribution >= 4 is 25.6 Å². The Morgan fingerprint density at radius 3 is 2.57 bits per heavy atom. The summed E-state index contributed by atoms with van der Waals surface area (Å²) in [5.41, 5.74) is 0.380. The molecule has 1 aliphatic rings. The van der Waals surface area contributed by atoms with Crippen molar-refractivity contribution < 1.29 is 17.9 Å². The number of hydrogen-bond acceptors (Lipinski definition) is 4. The van der Waals surface area contributed by atoms with Crippen molar-refractivity contribution in [3.8, 4) is 5.75 Å². The molecule has 0 spiro atoms. The summed E-state index contributed by atoms with van der Waals surface area (Å²) < 4.78 is 27.9. The second kappa shape index (κ2) is 5.85. The first-order valence-corrected chi connectivity index (χ1v) is 9.03. The van der Waals surface area contributed by atoms with Gasteiger partial charge in [-0.2, -0.15) is 0 Å². The monoisotopic (exact) mass is 331 g/mol. The topological polar surface area (TPSA) is 72.5 Å². The minimum atomic E-state index is -3.88. The summed E-state index contributed by atoms with van der Waals surface area (Å²) >= 11 is 0. The van der Waals surface area contributed by atoms with Gasteiger partial charge in [-0.1, -0.05) is 6.92 Å². The lowest BCUT2D eigenvalue weighted by atomic mass is 10.0. The molecule has 0 aromatic heterocycles. The highest BCUT2D eigenvalue weighted by Gasteiger charge is 2.40. The van der Waals surface area contributed by atoms with Gasteiger partial charge in [0.05, 0.1) is 17.6 Å². The Bertz CT molecular complexity index is 653. The van der Waals surface area contributed by atoms with Crippen LogP contribution in [0.4, 0.5) is 0 Å². The molecule has 1 fully saturated rings. The Morgan fingerprint density at radius 1 is 1.43 bits per heavy atom. The predicted molar refractivity (Wildman–Crippen MR) is 80.3 cm³/mol. The maximum Gasteiger partial charge on any atom is 0.261 e. The molecule has 0 saturated heterocycles. The van der Waals surface area contributed by atoms with Crippen LogP contribution in [-0.2, 0) is 9.05 Å². The number of carbonyl (C=O) groups is 1. The molecule has 1 N–H and O–H groups in total. The highest BCUT2D eigenvalue weighted by Crippen LogP contribution is 2.47. The Labute approximate surface area is 129 Å². The molecule has 21 heavy (non-hydrogen) atoms. The molecule has 1 amide bonds. The molecule has 0 heterocycles. The lowest BCUT2D eigenvalue weighted by Crippen LogP contribution is -2.30. The number of carbonyl (C=O) groups excluding carboxylic acids is 1. The summed E-state index contributed by atoms with van der Waals surface area (Å²) in [6.45, 7) is 2.68. The van der Waals surface area contributed by atoms with Crippen LogP contribution in [0.2, 0.25) is 0 Å². The van der Waals surface area contributed by atoms with Crippen LogP contribution < -0.4 is 10.1 Å². The highest BCUT2D eigenvalue weighted by molar-refractivity contribution is 8.13. The third-order valence-corrected chi connectivity index (χ3v) is 5.38. The molecule has 1 aromatic rings. The van der Waals surface area contributed by atoms with Crippen LogP contribution in [0.5, 0.6) is 5.75 Å². The molecule has 1 aliphatic carbocycles. The number of halogens is 1. The van der Waals surface area contributed by atoms with E-state index in [1.54, 1.807) is 0 Å². The van der Waals surface area contributed by atoms with Crippen LogP contribution in [0.1, 0.15) is 36.5 Å². The zero-order chi connectivity index (χ0) is 15.7. The fourth-order valence-electron chi connectivity index (χ4n) is 2.21. The van der Waals surface area contributed by atoms with E-state index >= 15 is 0 Å². The second-order valence-corrected chi connectivity index (χ2v) is 7.90. The van der Waals surface area contributed by atoms with Gasteiger partial charge in [-0.3, -0.25) is 4.79 Å². The third kappa shape index (κ3) is 3.68. The average molecular weight is 332 g/mol. The van der Waals surface area contributed by atoms with Crippen LogP contribution in [0.15, 0.2) is 23.1 Å². The van der Waals surface area contributed by atoms with E-state index in [2.05, 4.69) is 12.2 Å². The maximum absolute atomic E-state index is 12.3. The quantitative estimate of drug-likeness (QED) is 0.813. The number of rotatable bonds is 6. The van der Waals surface area contributed by atoms with E-state index in [1.165, 1.54) is 25.3 Å². The summed E-state index contributed by atoms with van der Waals surface area (Å²) in [5.74, 6) is -0.0355. The zero-order valence-corrected chi connectivity index (χ0v) is 13.6. The fraction of sp³-hybridized carbons (Fsp3) is 0.500. The van der Waals surface area contributed by atoms with Gasteiger partial charge in [0.25, 0.3) is 15.0 Å². The number of nitrogens with one attached hydrogen (secondary N) is 1. The van der Waals surface area contributed by atoms with Crippen molar-refractivity contribution in [3.63, 3.8) is 0 Å². The first kappa shape index (κ1) is 16.1. The fourth-order valence-corrected chi connectivity index (χ4v) is 2.99. The minimum Gasteiger partial charge on any atom is -0.496 e. The minimum absolute atomic E-state index is 0.119. The normalized spacial score (nSPS) is 16.3. The largest absolute Gasteiger partial charge is 0.496 e. The molecule has 0 bridgehead atoms. The van der Waals surface area contributed by atoms with Crippen molar-refractivity contribution in [1.82, 2.24) is 5.32 Å². The number of benzene rings is 1. The van der Waals surface area contributed by atoms with Crippen LogP contribution >= 0.6 is 10.7 Å². The van der Waals surface area contributed by atoms with Crippen molar-refractivity contribution in [3.05, 3.63) is 23.8 Å². The molecule has 0 unspecified atom stereocenters. The molecule has 116 valence electrons. The number of ether oxygens (including phenoxy) is 1. The van der Waals surface area contributed by atoms with Gasteiger partial charge in [0, 0.05) is 17.2 Å². The molecule has 1 saturated carbocycles. The summed E-state index contributed by atoms with van der Waals surface area (Å²) in [6.07, 6.45) is 3.23. The highest BCUT2D eigenvalue weighted by atomic mass is 35.7. The Hall–Kier alpha value is -1.27. The van der Waals surface area contributed by atoms with E-state index in [4.69, 9.17) is 15.4 Å². The molecular formula is C14H18ClNO4S. The van der Waals surface area contributed by atoms with E-state index in [0.717, 1.165) is 19.3 Å². The molecule has 0 atom stereocenters. The van der Waals surface area contributed by atoms with Crippen LogP contribution in [0, 0.1) is 5.41 Å². The Kier molecular flexibility index (Phi) is 4.49. The maximum atomic E-state index is 12.3. The SMILES string of the molecule is CCC1(CNC(=O)c2cc(S(=O)(=O)Cl)ccc2OC)CC1. The van der Waals surface area contributed by atoms with E-state index in [0.29, 0.717) is 12.3 Å². The molecule has 0 aliphatic heterocycles. The summed E-state index contributed by atoms with van der Waals surface area (Å²) in [7, 11) is 2.86. The van der Waals surface area contributed by atoms with Crippen LogP contribution in [0.25, 0.3) is 0 Å². The summed E-state index contributed by atoms with van der Waals surface area (Å²) in [5, 5.41) is 2.85. The van der Waals surface area contributed by atoms with Gasteiger partial charge in [0.15, 0.2) is 0 Å². The van der Waals surface area contributed by atoms with Gasteiger partial charge >= 0.3 is 0 Å². The van der Waals surface area contributed by atoms with Gasteiger partial charge in [0.1, 0.15) is 5.75 Å². The number of methoxy groups -OCH3 is 1. The summed E-state index contributed by atoms with van der Waals surface area (Å²) in [6, 6.07) is 3.98. The van der Waals surface area contributed by atoms with Crippen molar-refractivity contribution in [2.24, 2.45) is 5.41 Å². The van der Waals surface area contributed by atoms with Gasteiger partial charge in [0.2, 0.25) is 0 Å². The van der Waals surface area contributed by atoms with Crippen LogP contribution in [-0.4, -0.2) is 28.0 Å². The molecule has 7 heteroatoms. The predicted octanol–water partition coefficient (Wildman–Crippen LogP) is 2.54. The lowest BCUT2D eigenvalue weighted by Gasteiger charge is -2.15. The van der Waals surface area contributed by atoms with Crippen molar-refractivity contribution in [2.45, 2.75) is 31.1 Å². The molecule has 5 nitrogen and oxygen atoms in total. The standard InChI is InChI=1S/C14H18ClNO4S/c1-3-14(6-7-14)9-16-13(17)11-8-10(21(15,18)19)4-5-12(11)20-2/h4-5,8H,3,6-7,9H2,1-2H3,(H,16,17). The van der Waals surface area contributed by atoms with Gasteiger partial charge in [-0.15, -0.1) is 0 Å². The van der Waals surface area contributed by atoms with Crippen molar-refractivity contribution in [1.29, 1.82) is 0 Å². The number of amides is 1. The van der Waals surface area contributed by atoms with E-state index < -0.39 is 9.05 Å². The molecule has 2 rings (SSSR count). The molecule has 0 radical (unpaired) electrons.